The van der Waals surface area contributed by atoms with Gasteiger partial charge in [-0.1, -0.05) is 11.6 Å². The Morgan fingerprint density at radius 3 is 2.69 bits per heavy atom. The second kappa shape index (κ2) is 8.53. The lowest BCUT2D eigenvalue weighted by molar-refractivity contribution is -0.903. The van der Waals surface area contributed by atoms with Gasteiger partial charge in [0.25, 0.3) is 0 Å². The average Bonchev–Trinajstić information content (AvgIpc) is 3.25. The number of hydrogen-bond acceptors (Lipinski definition) is 4. The summed E-state index contributed by atoms with van der Waals surface area (Å²) in [5, 5.41) is 5.35. The van der Waals surface area contributed by atoms with Crippen LogP contribution in [0.5, 0.6) is 5.75 Å². The predicted molar refractivity (Wildman–Crippen MR) is 103 cm³/mol. The summed E-state index contributed by atoms with van der Waals surface area (Å²) in [7, 11) is 2.09. The minimum absolute atomic E-state index is 0.598. The highest BCUT2D eigenvalue weighted by atomic mass is 35.5. The first-order chi connectivity index (χ1) is 12.6. The van der Waals surface area contributed by atoms with E-state index in [-0.39, 0.29) is 0 Å². The Morgan fingerprint density at radius 1 is 1.27 bits per heavy atom. The number of ether oxygens (including phenoxy) is 1. The number of furan rings is 1. The normalized spacial score (nSPS) is 12.3. The van der Waals surface area contributed by atoms with E-state index in [9.17, 15) is 0 Å². The molecule has 0 fully saturated rings. The molecule has 0 aliphatic rings. The first-order valence-corrected chi connectivity index (χ1v) is 9.28. The summed E-state index contributed by atoms with van der Waals surface area (Å²) in [5.41, 5.74) is 0. The molecule has 138 valence electrons. The fourth-order valence-electron chi connectivity index (χ4n) is 2.63. The molecule has 8 heteroatoms. The maximum Gasteiger partial charge on any atom is 0.203 e. The van der Waals surface area contributed by atoms with Crippen LogP contribution in [0.4, 0.5) is 0 Å². The third-order valence-corrected chi connectivity index (χ3v) is 4.69. The number of rotatable bonds is 8. The van der Waals surface area contributed by atoms with Crippen LogP contribution in [-0.2, 0) is 13.2 Å². The Bertz CT molecular complexity index is 887. The summed E-state index contributed by atoms with van der Waals surface area (Å²) >= 11 is 11.4. The van der Waals surface area contributed by atoms with Crippen LogP contribution in [0.25, 0.3) is 11.6 Å². The Hall–Kier alpha value is -2.09. The molecule has 26 heavy (non-hydrogen) atoms. The molecule has 0 radical (unpaired) electrons. The lowest BCUT2D eigenvalue weighted by Crippen LogP contribution is -3.09. The second-order valence-electron chi connectivity index (χ2n) is 5.99. The molecule has 3 aromatic rings. The van der Waals surface area contributed by atoms with E-state index >= 15 is 0 Å². The first-order valence-electron chi connectivity index (χ1n) is 8.49. The van der Waals surface area contributed by atoms with Crippen LogP contribution in [0.1, 0.15) is 6.92 Å². The van der Waals surface area contributed by atoms with Crippen molar-refractivity contribution in [2.75, 3.05) is 20.2 Å². The van der Waals surface area contributed by atoms with E-state index in [4.69, 9.17) is 33.0 Å². The summed E-state index contributed by atoms with van der Waals surface area (Å²) < 4.78 is 15.7. The van der Waals surface area contributed by atoms with E-state index in [0.29, 0.717) is 23.1 Å². The van der Waals surface area contributed by atoms with Gasteiger partial charge in [-0.05, 0) is 55.5 Å². The molecule has 3 rings (SSSR count). The molecule has 0 amide bonds. The lowest BCUT2D eigenvalue weighted by Gasteiger charge is -2.14. The molecule has 0 saturated carbocycles. The number of likely N-dealkylation sites (N-methyl/N-ethyl adjacent to an activating group) is 1. The number of halogens is 1. The zero-order chi connectivity index (χ0) is 18.5. The SMILES string of the molecule is CCn1c(-c2ccco2)nn(C[NH+](C)CCOc2ccc(Cl)cc2)c1=S. The van der Waals surface area contributed by atoms with Gasteiger partial charge in [0.2, 0.25) is 4.77 Å². The van der Waals surface area contributed by atoms with E-state index in [1.165, 1.54) is 4.90 Å². The number of nitrogens with zero attached hydrogens (tertiary/aromatic N) is 3. The number of aromatic nitrogens is 3. The van der Waals surface area contributed by atoms with Crippen molar-refractivity contribution >= 4 is 23.8 Å². The average molecular weight is 394 g/mol. The number of nitrogens with one attached hydrogen (secondary N) is 1. The molecule has 1 N–H and O–H groups in total. The highest BCUT2D eigenvalue weighted by Crippen LogP contribution is 2.18. The third-order valence-electron chi connectivity index (χ3n) is 4.01. The zero-order valence-corrected chi connectivity index (χ0v) is 16.4. The molecule has 1 atom stereocenters. The molecule has 0 saturated heterocycles. The van der Waals surface area contributed by atoms with Gasteiger partial charge in [0.15, 0.2) is 18.3 Å². The van der Waals surface area contributed by atoms with Crippen molar-refractivity contribution in [3.05, 3.63) is 52.5 Å². The van der Waals surface area contributed by atoms with Crippen molar-refractivity contribution in [1.29, 1.82) is 0 Å². The summed E-state index contributed by atoms with van der Waals surface area (Å²) in [4.78, 5) is 1.24. The topological polar surface area (TPSA) is 49.6 Å². The molecule has 1 aromatic carbocycles. The number of quaternary nitrogens is 1. The van der Waals surface area contributed by atoms with Crippen LogP contribution in [-0.4, -0.2) is 34.5 Å². The highest BCUT2D eigenvalue weighted by molar-refractivity contribution is 7.71. The minimum Gasteiger partial charge on any atom is -0.488 e. The van der Waals surface area contributed by atoms with Crippen molar-refractivity contribution in [1.82, 2.24) is 14.3 Å². The van der Waals surface area contributed by atoms with Gasteiger partial charge < -0.3 is 14.1 Å². The Labute approximate surface area is 162 Å². The van der Waals surface area contributed by atoms with Gasteiger partial charge in [-0.3, -0.25) is 4.57 Å². The smallest absolute Gasteiger partial charge is 0.203 e. The van der Waals surface area contributed by atoms with E-state index in [0.717, 1.165) is 30.4 Å². The van der Waals surface area contributed by atoms with Gasteiger partial charge in [-0.2, -0.15) is 4.68 Å². The van der Waals surface area contributed by atoms with Gasteiger partial charge in [0, 0.05) is 11.6 Å². The van der Waals surface area contributed by atoms with E-state index < -0.39 is 0 Å². The van der Waals surface area contributed by atoms with E-state index in [1.54, 1.807) is 6.26 Å². The molecule has 0 aliphatic heterocycles. The fourth-order valence-corrected chi connectivity index (χ4v) is 3.07. The largest absolute Gasteiger partial charge is 0.488 e. The summed E-state index contributed by atoms with van der Waals surface area (Å²) in [6.45, 7) is 4.86. The van der Waals surface area contributed by atoms with Gasteiger partial charge in [-0.15, -0.1) is 5.10 Å². The van der Waals surface area contributed by atoms with Crippen LogP contribution in [0, 0.1) is 4.77 Å². The van der Waals surface area contributed by atoms with Gasteiger partial charge in [0.1, 0.15) is 18.9 Å². The highest BCUT2D eigenvalue weighted by Gasteiger charge is 2.15. The van der Waals surface area contributed by atoms with Crippen LogP contribution < -0.4 is 9.64 Å². The molecule has 6 nitrogen and oxygen atoms in total. The Morgan fingerprint density at radius 2 is 2.04 bits per heavy atom. The zero-order valence-electron chi connectivity index (χ0n) is 14.8. The predicted octanol–water partition coefficient (Wildman–Crippen LogP) is 2.90. The molecule has 2 aromatic heterocycles. The van der Waals surface area contributed by atoms with Crippen LogP contribution in [0.15, 0.2) is 47.1 Å². The quantitative estimate of drug-likeness (QED) is 0.598. The van der Waals surface area contributed by atoms with Crippen LogP contribution in [0.2, 0.25) is 5.02 Å². The summed E-state index contributed by atoms with van der Waals surface area (Å²) in [6, 6.07) is 11.1. The number of hydrogen-bond donors (Lipinski definition) is 1. The Kier molecular flexibility index (Phi) is 6.13. The molecule has 1 unspecified atom stereocenters. The fraction of sp³-hybridized carbons (Fsp3) is 0.333. The van der Waals surface area contributed by atoms with E-state index in [1.807, 2.05) is 52.6 Å². The van der Waals surface area contributed by atoms with Gasteiger partial charge in [0.05, 0.1) is 13.3 Å². The van der Waals surface area contributed by atoms with Crippen molar-refractivity contribution < 1.29 is 14.1 Å². The van der Waals surface area contributed by atoms with Crippen molar-refractivity contribution in [2.45, 2.75) is 20.1 Å². The first kappa shape index (κ1) is 18.7. The molecule has 0 spiro atoms. The molecular weight excluding hydrogens is 372 g/mol. The number of benzene rings is 1. The second-order valence-corrected chi connectivity index (χ2v) is 6.80. The molecule has 0 aliphatic carbocycles. The van der Waals surface area contributed by atoms with Crippen molar-refractivity contribution in [3.63, 3.8) is 0 Å². The molecular formula is C18H22ClN4O2S+. The standard InChI is InChI=1S/C18H21ClN4O2S/c1-3-22-17(16-5-4-11-25-16)20-23(18(22)26)13-21(2)10-12-24-15-8-6-14(19)7-9-15/h4-9,11H,3,10,12-13H2,1-2H3/p+1. The van der Waals surface area contributed by atoms with Crippen molar-refractivity contribution in [3.8, 4) is 17.3 Å². The molecule has 0 bridgehead atoms. The van der Waals surface area contributed by atoms with Crippen LogP contribution >= 0.6 is 23.8 Å². The summed E-state index contributed by atoms with van der Waals surface area (Å²) in [5.74, 6) is 2.29. The maximum absolute atomic E-state index is 5.88. The Balaban J connectivity index is 1.61. The monoisotopic (exact) mass is 393 g/mol. The molecule has 2 heterocycles. The third kappa shape index (κ3) is 4.35. The van der Waals surface area contributed by atoms with Crippen molar-refractivity contribution in [2.24, 2.45) is 0 Å². The minimum atomic E-state index is 0.598. The van der Waals surface area contributed by atoms with Crippen LogP contribution in [0.3, 0.4) is 0 Å². The summed E-state index contributed by atoms with van der Waals surface area (Å²) in [6.07, 6.45) is 1.64. The van der Waals surface area contributed by atoms with E-state index in [2.05, 4.69) is 12.1 Å². The maximum atomic E-state index is 5.88. The lowest BCUT2D eigenvalue weighted by atomic mass is 10.3. The van der Waals surface area contributed by atoms with Gasteiger partial charge >= 0.3 is 0 Å². The van der Waals surface area contributed by atoms with Gasteiger partial charge in [-0.25, -0.2) is 0 Å².